The quantitative estimate of drug-likeness (QED) is 0.716. The van der Waals surface area contributed by atoms with Crippen molar-refractivity contribution in [3.05, 3.63) is 30.0 Å². The Labute approximate surface area is 82.5 Å². The minimum absolute atomic E-state index is 0.544. The summed E-state index contributed by atoms with van der Waals surface area (Å²) in [7, 11) is 0. The van der Waals surface area contributed by atoms with E-state index in [1.807, 2.05) is 6.20 Å². The second kappa shape index (κ2) is 3.10. The van der Waals surface area contributed by atoms with Gasteiger partial charge in [-0.2, -0.15) is 5.10 Å². The van der Waals surface area contributed by atoms with Crippen molar-refractivity contribution in [2.24, 2.45) is 0 Å². The fourth-order valence-corrected chi connectivity index (χ4v) is 2.14. The maximum Gasteiger partial charge on any atom is 0.0653 e. The van der Waals surface area contributed by atoms with Gasteiger partial charge < -0.3 is 5.32 Å². The van der Waals surface area contributed by atoms with Gasteiger partial charge >= 0.3 is 0 Å². The average molecular weight is 187 g/mol. The minimum Gasteiger partial charge on any atom is -0.310 e. The first-order valence-corrected chi connectivity index (χ1v) is 5.10. The monoisotopic (exact) mass is 187 g/mol. The van der Waals surface area contributed by atoms with Crippen LogP contribution in [-0.4, -0.2) is 16.7 Å². The van der Waals surface area contributed by atoms with Crippen molar-refractivity contribution in [2.75, 3.05) is 6.54 Å². The first-order chi connectivity index (χ1) is 6.93. The van der Waals surface area contributed by atoms with Crippen LogP contribution < -0.4 is 5.32 Å². The zero-order chi connectivity index (χ0) is 9.38. The summed E-state index contributed by atoms with van der Waals surface area (Å²) in [5, 5.41) is 11.7. The third-order valence-electron chi connectivity index (χ3n) is 2.93. The lowest BCUT2D eigenvalue weighted by Gasteiger charge is -2.09. The molecule has 2 aromatic rings. The van der Waals surface area contributed by atoms with Gasteiger partial charge in [0.1, 0.15) is 0 Å². The van der Waals surface area contributed by atoms with Crippen LogP contribution in [0.15, 0.2) is 24.4 Å². The number of rotatable bonds is 1. The highest BCUT2D eigenvalue weighted by molar-refractivity contribution is 5.78. The van der Waals surface area contributed by atoms with Crippen LogP contribution in [0, 0.1) is 0 Å². The number of nitrogens with one attached hydrogen (secondary N) is 2. The molecular formula is C11H13N3. The van der Waals surface area contributed by atoms with Crippen LogP contribution in [0.4, 0.5) is 0 Å². The second-order valence-corrected chi connectivity index (χ2v) is 3.87. The molecule has 1 unspecified atom stereocenters. The van der Waals surface area contributed by atoms with Gasteiger partial charge in [0.2, 0.25) is 0 Å². The van der Waals surface area contributed by atoms with Crippen LogP contribution in [0.3, 0.4) is 0 Å². The van der Waals surface area contributed by atoms with Crippen molar-refractivity contribution in [1.29, 1.82) is 0 Å². The Morgan fingerprint density at radius 3 is 3.21 bits per heavy atom. The summed E-state index contributed by atoms with van der Waals surface area (Å²) in [6, 6.07) is 7.07. The molecule has 1 aromatic heterocycles. The number of nitrogens with zero attached hydrogens (tertiary/aromatic N) is 1. The third-order valence-corrected chi connectivity index (χ3v) is 2.93. The fraction of sp³-hybridized carbons (Fsp3) is 0.364. The number of hydrogen-bond donors (Lipinski definition) is 2. The van der Waals surface area contributed by atoms with Gasteiger partial charge in [0, 0.05) is 11.4 Å². The number of benzene rings is 1. The van der Waals surface area contributed by atoms with Crippen molar-refractivity contribution < 1.29 is 0 Å². The molecule has 1 atom stereocenters. The molecule has 0 aliphatic carbocycles. The normalized spacial score (nSPS) is 21.9. The maximum atomic E-state index is 4.02. The Bertz CT molecular complexity index is 440. The van der Waals surface area contributed by atoms with E-state index in [0.29, 0.717) is 6.04 Å². The van der Waals surface area contributed by atoms with E-state index < -0.39 is 0 Å². The first kappa shape index (κ1) is 8.00. The molecule has 1 fully saturated rings. The lowest BCUT2D eigenvalue weighted by atomic mass is 10.0. The van der Waals surface area contributed by atoms with Crippen LogP contribution in [0.5, 0.6) is 0 Å². The number of hydrogen-bond acceptors (Lipinski definition) is 2. The Morgan fingerprint density at radius 2 is 2.36 bits per heavy atom. The molecule has 0 amide bonds. The second-order valence-electron chi connectivity index (χ2n) is 3.87. The number of H-pyrrole nitrogens is 1. The van der Waals surface area contributed by atoms with E-state index in [0.717, 1.165) is 12.1 Å². The smallest absolute Gasteiger partial charge is 0.0653 e. The van der Waals surface area contributed by atoms with Crippen LogP contribution >= 0.6 is 0 Å². The van der Waals surface area contributed by atoms with Gasteiger partial charge in [0.15, 0.2) is 0 Å². The van der Waals surface area contributed by atoms with Gasteiger partial charge in [-0.1, -0.05) is 12.1 Å². The van der Waals surface area contributed by atoms with Crippen molar-refractivity contribution in [2.45, 2.75) is 18.9 Å². The molecule has 0 saturated carbocycles. The summed E-state index contributed by atoms with van der Waals surface area (Å²) in [6.45, 7) is 1.14. The summed E-state index contributed by atoms with van der Waals surface area (Å²) in [5.74, 6) is 0. The standard InChI is InChI=1S/C11H13N3/c1-2-10(12-5-1)8-3-4-9-7-13-14-11(9)6-8/h3-4,6-7,10,12H,1-2,5H2,(H,13,14). The van der Waals surface area contributed by atoms with Crippen LogP contribution in [0.1, 0.15) is 24.4 Å². The summed E-state index contributed by atoms with van der Waals surface area (Å²) in [4.78, 5) is 0. The molecule has 0 spiro atoms. The number of aromatic amines is 1. The Kier molecular flexibility index (Phi) is 1.77. The average Bonchev–Trinajstić information content (AvgIpc) is 2.88. The van der Waals surface area contributed by atoms with E-state index in [1.165, 1.54) is 23.8 Å². The summed E-state index contributed by atoms with van der Waals surface area (Å²) < 4.78 is 0. The number of aromatic nitrogens is 2. The molecule has 1 aliphatic heterocycles. The maximum absolute atomic E-state index is 4.02. The molecule has 3 nitrogen and oxygen atoms in total. The topological polar surface area (TPSA) is 40.7 Å². The van der Waals surface area contributed by atoms with Crippen molar-refractivity contribution in [3.63, 3.8) is 0 Å². The van der Waals surface area contributed by atoms with Gasteiger partial charge in [-0.25, -0.2) is 0 Å². The first-order valence-electron chi connectivity index (χ1n) is 5.10. The number of fused-ring (bicyclic) bond motifs is 1. The Balaban J connectivity index is 2.04. The highest BCUT2D eigenvalue weighted by Crippen LogP contribution is 2.25. The van der Waals surface area contributed by atoms with Crippen molar-refractivity contribution >= 4 is 10.9 Å². The Hall–Kier alpha value is -1.35. The van der Waals surface area contributed by atoms with Crippen molar-refractivity contribution in [3.8, 4) is 0 Å². The molecule has 1 aromatic carbocycles. The lowest BCUT2D eigenvalue weighted by Crippen LogP contribution is -2.12. The highest BCUT2D eigenvalue weighted by atomic mass is 15.1. The van der Waals surface area contributed by atoms with E-state index in [9.17, 15) is 0 Å². The zero-order valence-electron chi connectivity index (χ0n) is 7.96. The van der Waals surface area contributed by atoms with Crippen molar-refractivity contribution in [1.82, 2.24) is 15.5 Å². The third kappa shape index (κ3) is 1.21. The molecule has 0 radical (unpaired) electrons. The van der Waals surface area contributed by atoms with E-state index in [2.05, 4.69) is 33.7 Å². The molecule has 2 N–H and O–H groups in total. The predicted molar refractivity (Wildman–Crippen MR) is 56.1 cm³/mol. The lowest BCUT2D eigenvalue weighted by molar-refractivity contribution is 0.648. The fourth-order valence-electron chi connectivity index (χ4n) is 2.14. The van der Waals surface area contributed by atoms with Gasteiger partial charge in [-0.05, 0) is 31.0 Å². The van der Waals surface area contributed by atoms with E-state index in [4.69, 9.17) is 0 Å². The molecule has 2 heterocycles. The largest absolute Gasteiger partial charge is 0.310 e. The van der Waals surface area contributed by atoms with Crippen LogP contribution in [0.2, 0.25) is 0 Å². The molecule has 3 heteroatoms. The zero-order valence-corrected chi connectivity index (χ0v) is 7.96. The molecule has 1 saturated heterocycles. The van der Waals surface area contributed by atoms with Crippen LogP contribution in [-0.2, 0) is 0 Å². The minimum atomic E-state index is 0.544. The Morgan fingerprint density at radius 1 is 1.36 bits per heavy atom. The van der Waals surface area contributed by atoms with Gasteiger partial charge in [-0.3, -0.25) is 5.10 Å². The van der Waals surface area contributed by atoms with Gasteiger partial charge in [0.05, 0.1) is 11.7 Å². The van der Waals surface area contributed by atoms with E-state index >= 15 is 0 Å². The molecular weight excluding hydrogens is 174 g/mol. The summed E-state index contributed by atoms with van der Waals surface area (Å²) in [5.41, 5.74) is 2.51. The summed E-state index contributed by atoms with van der Waals surface area (Å²) in [6.07, 6.45) is 4.40. The van der Waals surface area contributed by atoms with Gasteiger partial charge in [-0.15, -0.1) is 0 Å². The predicted octanol–water partition coefficient (Wildman–Crippen LogP) is 1.99. The van der Waals surface area contributed by atoms with E-state index in [1.54, 1.807) is 0 Å². The van der Waals surface area contributed by atoms with Crippen LogP contribution in [0.25, 0.3) is 10.9 Å². The highest BCUT2D eigenvalue weighted by Gasteiger charge is 2.16. The molecule has 0 bridgehead atoms. The van der Waals surface area contributed by atoms with Gasteiger partial charge in [0.25, 0.3) is 0 Å². The molecule has 72 valence electrons. The molecule has 1 aliphatic rings. The summed E-state index contributed by atoms with van der Waals surface area (Å²) >= 11 is 0. The van der Waals surface area contributed by atoms with E-state index in [-0.39, 0.29) is 0 Å². The molecule has 14 heavy (non-hydrogen) atoms. The molecule has 3 rings (SSSR count). The SMILES string of the molecule is c1cc2cn[nH]c2cc1C1CCCN1.